The van der Waals surface area contributed by atoms with Crippen molar-refractivity contribution in [2.75, 3.05) is 5.32 Å². The van der Waals surface area contributed by atoms with Gasteiger partial charge in [-0.05, 0) is 38.0 Å². The molecule has 1 amide bonds. The SMILES string of the molecule is CCn1cc(NC(=O)c2c(C)ccn(C(C)c3ccccc3)c2=O)nn1. The van der Waals surface area contributed by atoms with Crippen molar-refractivity contribution in [3.63, 3.8) is 0 Å². The third-order valence-electron chi connectivity index (χ3n) is 4.36. The second kappa shape index (κ2) is 7.35. The molecule has 0 spiro atoms. The molecule has 1 aromatic carbocycles. The van der Waals surface area contributed by atoms with Crippen LogP contribution in [0, 0.1) is 6.92 Å². The standard InChI is InChI=1S/C19H21N5O2/c1-4-23-12-16(21-22-23)20-18(25)17-13(2)10-11-24(19(17)26)14(3)15-8-6-5-7-9-15/h5-12,14H,4H2,1-3H3,(H,20,25). The Balaban J connectivity index is 1.94. The summed E-state index contributed by atoms with van der Waals surface area (Å²) in [7, 11) is 0. The molecule has 0 aliphatic carbocycles. The largest absolute Gasteiger partial charge is 0.308 e. The van der Waals surface area contributed by atoms with Gasteiger partial charge in [-0.2, -0.15) is 0 Å². The van der Waals surface area contributed by atoms with E-state index in [0.29, 0.717) is 17.9 Å². The zero-order valence-electron chi connectivity index (χ0n) is 15.0. The van der Waals surface area contributed by atoms with Crippen LogP contribution in [0.25, 0.3) is 0 Å². The molecule has 0 bridgehead atoms. The van der Waals surface area contributed by atoms with Crippen molar-refractivity contribution in [1.29, 1.82) is 0 Å². The molecule has 0 aliphatic heterocycles. The Morgan fingerprint density at radius 1 is 1.23 bits per heavy atom. The van der Waals surface area contributed by atoms with Gasteiger partial charge in [0, 0.05) is 12.7 Å². The maximum atomic E-state index is 13.0. The van der Waals surface area contributed by atoms with E-state index < -0.39 is 5.91 Å². The van der Waals surface area contributed by atoms with Crippen molar-refractivity contribution < 1.29 is 4.79 Å². The summed E-state index contributed by atoms with van der Waals surface area (Å²) in [6.07, 6.45) is 3.35. The Morgan fingerprint density at radius 3 is 2.62 bits per heavy atom. The van der Waals surface area contributed by atoms with Crippen molar-refractivity contribution >= 4 is 11.7 Å². The van der Waals surface area contributed by atoms with Crippen LogP contribution in [0.4, 0.5) is 5.82 Å². The number of carbonyl (C=O) groups excluding carboxylic acids is 1. The van der Waals surface area contributed by atoms with Gasteiger partial charge in [0.15, 0.2) is 5.82 Å². The second-order valence-corrected chi connectivity index (χ2v) is 6.09. The molecular formula is C19H21N5O2. The average molecular weight is 351 g/mol. The predicted octanol–water partition coefficient (Wildman–Crippen LogP) is 2.63. The maximum absolute atomic E-state index is 13.0. The first-order valence-electron chi connectivity index (χ1n) is 8.49. The summed E-state index contributed by atoms with van der Waals surface area (Å²) in [6, 6.07) is 11.3. The molecule has 3 rings (SSSR count). The summed E-state index contributed by atoms with van der Waals surface area (Å²) in [4.78, 5) is 25.6. The van der Waals surface area contributed by atoms with Crippen LogP contribution in [0.2, 0.25) is 0 Å². The van der Waals surface area contributed by atoms with Gasteiger partial charge in [-0.1, -0.05) is 35.5 Å². The van der Waals surface area contributed by atoms with Crippen LogP contribution in [-0.4, -0.2) is 25.5 Å². The molecule has 0 saturated carbocycles. The molecule has 2 aromatic heterocycles. The monoisotopic (exact) mass is 351 g/mol. The van der Waals surface area contributed by atoms with E-state index in [1.54, 1.807) is 34.6 Å². The smallest absolute Gasteiger partial charge is 0.264 e. The molecule has 0 fully saturated rings. The first-order chi connectivity index (χ1) is 12.5. The van der Waals surface area contributed by atoms with Gasteiger partial charge < -0.3 is 9.88 Å². The minimum atomic E-state index is -0.481. The number of aryl methyl sites for hydroxylation is 2. The first kappa shape index (κ1) is 17.6. The van der Waals surface area contributed by atoms with Crippen LogP contribution in [0.3, 0.4) is 0 Å². The molecule has 26 heavy (non-hydrogen) atoms. The highest BCUT2D eigenvalue weighted by atomic mass is 16.2. The number of pyridine rings is 1. The van der Waals surface area contributed by atoms with Crippen molar-refractivity contribution in [2.45, 2.75) is 33.4 Å². The van der Waals surface area contributed by atoms with E-state index in [1.165, 1.54) is 0 Å². The van der Waals surface area contributed by atoms with Gasteiger partial charge in [0.1, 0.15) is 5.56 Å². The third kappa shape index (κ3) is 3.42. The Bertz CT molecular complexity index is 975. The van der Waals surface area contributed by atoms with E-state index in [2.05, 4.69) is 15.6 Å². The lowest BCUT2D eigenvalue weighted by Gasteiger charge is -2.17. The van der Waals surface area contributed by atoms with Crippen LogP contribution in [0.5, 0.6) is 0 Å². The minimum Gasteiger partial charge on any atom is -0.308 e. The number of benzene rings is 1. The van der Waals surface area contributed by atoms with Gasteiger partial charge in [-0.3, -0.25) is 14.3 Å². The fourth-order valence-electron chi connectivity index (χ4n) is 2.80. The quantitative estimate of drug-likeness (QED) is 0.766. The molecule has 0 radical (unpaired) electrons. The van der Waals surface area contributed by atoms with Gasteiger partial charge >= 0.3 is 0 Å². The molecule has 1 N–H and O–H groups in total. The van der Waals surface area contributed by atoms with Crippen LogP contribution < -0.4 is 10.9 Å². The van der Waals surface area contributed by atoms with Crippen LogP contribution >= 0.6 is 0 Å². The van der Waals surface area contributed by atoms with Gasteiger partial charge in [-0.15, -0.1) is 5.10 Å². The lowest BCUT2D eigenvalue weighted by atomic mass is 10.1. The second-order valence-electron chi connectivity index (χ2n) is 6.09. The van der Waals surface area contributed by atoms with E-state index in [0.717, 1.165) is 5.56 Å². The first-order valence-corrected chi connectivity index (χ1v) is 8.49. The molecule has 0 aliphatic rings. The molecule has 134 valence electrons. The maximum Gasteiger partial charge on any atom is 0.264 e. The van der Waals surface area contributed by atoms with Crippen molar-refractivity contribution in [3.8, 4) is 0 Å². The Hall–Kier alpha value is -3.22. The van der Waals surface area contributed by atoms with Gasteiger partial charge in [0.05, 0.1) is 12.2 Å². The van der Waals surface area contributed by atoms with Crippen molar-refractivity contribution in [3.05, 3.63) is 75.8 Å². The lowest BCUT2D eigenvalue weighted by molar-refractivity contribution is 0.102. The van der Waals surface area contributed by atoms with Gasteiger partial charge in [0.2, 0.25) is 0 Å². The number of hydrogen-bond acceptors (Lipinski definition) is 4. The molecular weight excluding hydrogens is 330 g/mol. The zero-order valence-corrected chi connectivity index (χ0v) is 15.0. The highest BCUT2D eigenvalue weighted by molar-refractivity contribution is 6.04. The number of anilines is 1. The summed E-state index contributed by atoms with van der Waals surface area (Å²) >= 11 is 0. The summed E-state index contributed by atoms with van der Waals surface area (Å²) in [5.41, 5.74) is 1.39. The molecule has 0 saturated heterocycles. The number of rotatable bonds is 5. The fraction of sp³-hybridized carbons (Fsp3) is 0.263. The van der Waals surface area contributed by atoms with Crippen molar-refractivity contribution in [2.24, 2.45) is 0 Å². The molecule has 1 unspecified atom stereocenters. The number of nitrogens with zero attached hydrogens (tertiary/aromatic N) is 4. The average Bonchev–Trinajstić information content (AvgIpc) is 3.09. The Labute approximate surface area is 151 Å². The number of nitrogens with one attached hydrogen (secondary N) is 1. The van der Waals surface area contributed by atoms with Crippen LogP contribution in [-0.2, 0) is 6.54 Å². The number of carbonyl (C=O) groups is 1. The highest BCUT2D eigenvalue weighted by Crippen LogP contribution is 2.17. The molecule has 1 atom stereocenters. The Kier molecular flexibility index (Phi) is 4.97. The minimum absolute atomic E-state index is 0.112. The number of hydrogen-bond donors (Lipinski definition) is 1. The fourth-order valence-corrected chi connectivity index (χ4v) is 2.80. The van der Waals surface area contributed by atoms with E-state index in [1.807, 2.05) is 44.2 Å². The van der Waals surface area contributed by atoms with Crippen molar-refractivity contribution in [1.82, 2.24) is 19.6 Å². The Morgan fingerprint density at radius 2 is 1.96 bits per heavy atom. The van der Waals surface area contributed by atoms with E-state index >= 15 is 0 Å². The van der Waals surface area contributed by atoms with E-state index in [4.69, 9.17) is 0 Å². The molecule has 7 heteroatoms. The summed E-state index contributed by atoms with van der Waals surface area (Å²) in [5, 5.41) is 10.4. The molecule has 7 nitrogen and oxygen atoms in total. The number of aromatic nitrogens is 4. The zero-order chi connectivity index (χ0) is 18.7. The predicted molar refractivity (Wildman–Crippen MR) is 99.3 cm³/mol. The normalized spacial score (nSPS) is 12.0. The van der Waals surface area contributed by atoms with E-state index in [-0.39, 0.29) is 17.2 Å². The number of amides is 1. The summed E-state index contributed by atoms with van der Waals surface area (Å²) in [6.45, 7) is 6.25. The summed E-state index contributed by atoms with van der Waals surface area (Å²) < 4.78 is 3.17. The molecule has 2 heterocycles. The van der Waals surface area contributed by atoms with E-state index in [9.17, 15) is 9.59 Å². The lowest BCUT2D eigenvalue weighted by Crippen LogP contribution is -2.32. The van der Waals surface area contributed by atoms with Gasteiger partial charge in [0.25, 0.3) is 11.5 Å². The topological polar surface area (TPSA) is 81.8 Å². The van der Waals surface area contributed by atoms with Crippen LogP contribution in [0.1, 0.15) is 41.4 Å². The summed E-state index contributed by atoms with van der Waals surface area (Å²) in [5.74, 6) is -0.160. The molecule has 3 aromatic rings. The van der Waals surface area contributed by atoms with Gasteiger partial charge in [-0.25, -0.2) is 0 Å². The van der Waals surface area contributed by atoms with Crippen LogP contribution in [0.15, 0.2) is 53.6 Å². The highest BCUT2D eigenvalue weighted by Gasteiger charge is 2.19. The third-order valence-corrected chi connectivity index (χ3v) is 4.36.